The Morgan fingerprint density at radius 3 is 2.19 bits per heavy atom. The van der Waals surface area contributed by atoms with Gasteiger partial charge in [0.1, 0.15) is 11.4 Å². The molecule has 0 bridgehead atoms. The number of Topliss-reactive ketones (excluding diaryl/α,β-unsaturated/α-hetero) is 2. The molecule has 1 atom stereocenters. The lowest BCUT2D eigenvalue weighted by Gasteiger charge is -2.23. The van der Waals surface area contributed by atoms with Crippen LogP contribution in [-0.4, -0.2) is 37.8 Å². The maximum atomic E-state index is 14.3. The Balaban J connectivity index is 2.40. The van der Waals surface area contributed by atoms with Crippen molar-refractivity contribution >= 4 is 27.4 Å². The van der Waals surface area contributed by atoms with Crippen molar-refractivity contribution in [3.63, 3.8) is 0 Å². The first-order chi connectivity index (χ1) is 11.8. The first-order valence-electron chi connectivity index (χ1n) is 8.11. The highest BCUT2D eigenvalue weighted by Crippen LogP contribution is 2.34. The Morgan fingerprint density at radius 2 is 1.77 bits per heavy atom. The minimum absolute atomic E-state index is 0.297. The molecule has 1 unspecified atom stereocenters. The Morgan fingerprint density at radius 1 is 1.19 bits per heavy atom. The van der Waals surface area contributed by atoms with Crippen LogP contribution in [0.3, 0.4) is 0 Å². The number of rotatable bonds is 6. The molecule has 1 fully saturated rings. The zero-order valence-electron chi connectivity index (χ0n) is 15.0. The second-order valence-corrected chi connectivity index (χ2v) is 9.44. The van der Waals surface area contributed by atoms with Crippen LogP contribution in [0.4, 0.5) is 4.39 Å². The number of halogens is 1. The predicted octanol–water partition coefficient (Wildman–Crippen LogP) is 2.35. The van der Waals surface area contributed by atoms with Crippen LogP contribution in [-0.2, 0) is 24.2 Å². The van der Waals surface area contributed by atoms with E-state index in [0.29, 0.717) is 18.9 Å². The number of ether oxygens (including phenoxy) is 1. The Bertz CT molecular complexity index is 862. The van der Waals surface area contributed by atoms with Crippen molar-refractivity contribution in [3.05, 3.63) is 29.6 Å². The van der Waals surface area contributed by atoms with Gasteiger partial charge in [0.25, 0.3) is 0 Å². The van der Waals surface area contributed by atoms with E-state index in [1.165, 1.54) is 0 Å². The van der Waals surface area contributed by atoms with Gasteiger partial charge < -0.3 is 4.74 Å². The second kappa shape index (κ2) is 6.90. The third-order valence-electron chi connectivity index (χ3n) is 3.80. The van der Waals surface area contributed by atoms with E-state index < -0.39 is 56.2 Å². The molecular formula is C18H21FO6S. The number of sulfone groups is 1. The zero-order valence-corrected chi connectivity index (χ0v) is 15.9. The standard InChI is InChI=1S/C18H21FO6S/c1-18(2,3)25-17(22)14(15(20)10-5-6-10)16(21)12-8-7-11(9-13(12)19)26(4,23)24/h7-10,14H,5-6H2,1-4H3. The zero-order chi connectivity index (χ0) is 19.9. The van der Waals surface area contributed by atoms with Gasteiger partial charge in [-0.15, -0.1) is 0 Å². The third kappa shape index (κ3) is 4.75. The van der Waals surface area contributed by atoms with Gasteiger partial charge in [-0.3, -0.25) is 14.4 Å². The van der Waals surface area contributed by atoms with Crippen LogP contribution in [0, 0.1) is 17.7 Å². The van der Waals surface area contributed by atoms with Crippen LogP contribution in [0.1, 0.15) is 44.0 Å². The normalized spacial score (nSPS) is 16.0. The largest absolute Gasteiger partial charge is 0.459 e. The van der Waals surface area contributed by atoms with Crippen LogP contribution in [0.5, 0.6) is 0 Å². The minimum atomic E-state index is -3.66. The molecule has 1 saturated carbocycles. The van der Waals surface area contributed by atoms with E-state index in [-0.39, 0.29) is 4.90 Å². The maximum Gasteiger partial charge on any atom is 0.325 e. The molecule has 8 heteroatoms. The van der Waals surface area contributed by atoms with Gasteiger partial charge in [0, 0.05) is 12.2 Å². The van der Waals surface area contributed by atoms with Crippen molar-refractivity contribution < 1.29 is 31.9 Å². The van der Waals surface area contributed by atoms with Crippen molar-refractivity contribution in [3.8, 4) is 0 Å². The average molecular weight is 384 g/mol. The van der Waals surface area contributed by atoms with E-state index >= 15 is 0 Å². The molecule has 1 aromatic carbocycles. The summed E-state index contributed by atoms with van der Waals surface area (Å²) in [5.41, 5.74) is -1.43. The van der Waals surface area contributed by atoms with E-state index in [0.717, 1.165) is 18.4 Å². The van der Waals surface area contributed by atoms with Crippen molar-refractivity contribution in [2.75, 3.05) is 6.26 Å². The Labute approximate surface area is 151 Å². The Kier molecular flexibility index (Phi) is 5.37. The van der Waals surface area contributed by atoms with Gasteiger partial charge in [0.2, 0.25) is 0 Å². The molecule has 2 rings (SSSR count). The topological polar surface area (TPSA) is 94.6 Å². The highest BCUT2D eigenvalue weighted by atomic mass is 32.2. The van der Waals surface area contributed by atoms with Crippen molar-refractivity contribution in [2.45, 2.75) is 44.1 Å². The van der Waals surface area contributed by atoms with Crippen LogP contribution in [0.15, 0.2) is 23.1 Å². The van der Waals surface area contributed by atoms with Crippen LogP contribution < -0.4 is 0 Å². The van der Waals surface area contributed by atoms with Gasteiger partial charge in [-0.05, 0) is 51.8 Å². The van der Waals surface area contributed by atoms with E-state index in [1.807, 2.05) is 0 Å². The molecule has 0 aromatic heterocycles. The maximum absolute atomic E-state index is 14.3. The van der Waals surface area contributed by atoms with Crippen molar-refractivity contribution in [1.82, 2.24) is 0 Å². The number of carbonyl (C=O) groups excluding carboxylic acids is 3. The summed E-state index contributed by atoms with van der Waals surface area (Å²) >= 11 is 0. The van der Waals surface area contributed by atoms with E-state index in [1.54, 1.807) is 20.8 Å². The quantitative estimate of drug-likeness (QED) is 0.424. The molecule has 0 N–H and O–H groups in total. The number of benzene rings is 1. The molecule has 142 valence electrons. The van der Waals surface area contributed by atoms with Crippen LogP contribution in [0.2, 0.25) is 0 Å². The summed E-state index contributed by atoms with van der Waals surface area (Å²) in [4.78, 5) is 37.3. The van der Waals surface area contributed by atoms with E-state index in [9.17, 15) is 27.2 Å². The fraction of sp³-hybridized carbons (Fsp3) is 0.500. The fourth-order valence-electron chi connectivity index (χ4n) is 2.40. The summed E-state index contributed by atoms with van der Waals surface area (Å²) in [5, 5.41) is 0. The SMILES string of the molecule is CC(C)(C)OC(=O)C(C(=O)c1ccc(S(C)(=O)=O)cc1F)C(=O)C1CC1. The summed E-state index contributed by atoms with van der Waals surface area (Å²) in [6.45, 7) is 4.78. The number of esters is 1. The molecule has 26 heavy (non-hydrogen) atoms. The molecule has 0 radical (unpaired) electrons. The lowest BCUT2D eigenvalue weighted by atomic mass is 9.91. The fourth-order valence-corrected chi connectivity index (χ4v) is 3.03. The molecule has 1 aliphatic carbocycles. The van der Waals surface area contributed by atoms with Crippen LogP contribution in [0.25, 0.3) is 0 Å². The summed E-state index contributed by atoms with van der Waals surface area (Å²) < 4.78 is 42.5. The predicted molar refractivity (Wildman–Crippen MR) is 90.9 cm³/mol. The summed E-state index contributed by atoms with van der Waals surface area (Å²) in [6.07, 6.45) is 2.05. The lowest BCUT2D eigenvalue weighted by molar-refractivity contribution is -0.160. The van der Waals surface area contributed by atoms with Gasteiger partial charge in [-0.1, -0.05) is 0 Å². The molecule has 0 heterocycles. The smallest absolute Gasteiger partial charge is 0.325 e. The van der Waals surface area contributed by atoms with Crippen molar-refractivity contribution in [2.24, 2.45) is 11.8 Å². The van der Waals surface area contributed by atoms with Gasteiger partial charge in [-0.2, -0.15) is 0 Å². The summed E-state index contributed by atoms with van der Waals surface area (Å²) in [5.74, 6) is -5.89. The second-order valence-electron chi connectivity index (χ2n) is 7.42. The first kappa shape index (κ1) is 20.2. The monoisotopic (exact) mass is 384 g/mol. The Hall–Kier alpha value is -2.09. The first-order valence-corrected chi connectivity index (χ1v) is 10.0. The third-order valence-corrected chi connectivity index (χ3v) is 4.91. The summed E-state index contributed by atoms with van der Waals surface area (Å²) in [7, 11) is -3.66. The van der Waals surface area contributed by atoms with Gasteiger partial charge in [0.05, 0.1) is 10.5 Å². The molecular weight excluding hydrogens is 363 g/mol. The van der Waals surface area contributed by atoms with Crippen molar-refractivity contribution in [1.29, 1.82) is 0 Å². The lowest BCUT2D eigenvalue weighted by Crippen LogP contribution is -2.38. The van der Waals surface area contributed by atoms with E-state index in [4.69, 9.17) is 4.74 Å². The number of hydrogen-bond acceptors (Lipinski definition) is 6. The molecule has 0 spiro atoms. The average Bonchev–Trinajstić information content (AvgIpc) is 3.28. The number of hydrogen-bond donors (Lipinski definition) is 0. The highest BCUT2D eigenvalue weighted by molar-refractivity contribution is 7.90. The van der Waals surface area contributed by atoms with Gasteiger partial charge in [0.15, 0.2) is 27.3 Å². The number of ketones is 2. The summed E-state index contributed by atoms with van der Waals surface area (Å²) in [6, 6.07) is 2.75. The molecule has 1 aliphatic rings. The minimum Gasteiger partial charge on any atom is -0.459 e. The van der Waals surface area contributed by atoms with Crippen LogP contribution >= 0.6 is 0 Å². The molecule has 0 saturated heterocycles. The highest BCUT2D eigenvalue weighted by Gasteiger charge is 2.45. The molecule has 0 aliphatic heterocycles. The number of carbonyl (C=O) groups is 3. The molecule has 0 amide bonds. The van der Waals surface area contributed by atoms with Gasteiger partial charge >= 0.3 is 5.97 Å². The van der Waals surface area contributed by atoms with E-state index in [2.05, 4.69) is 0 Å². The van der Waals surface area contributed by atoms with Gasteiger partial charge in [-0.25, -0.2) is 12.8 Å². The molecule has 1 aromatic rings. The molecule has 6 nitrogen and oxygen atoms in total.